The number of halogens is 1. The number of carboxylic acid groups (broad SMARTS) is 2. The molecule has 14 heteroatoms. The molecule has 0 aliphatic heterocycles. The van der Waals surface area contributed by atoms with E-state index in [4.69, 9.17) is 31.4 Å². The fourth-order valence-electron chi connectivity index (χ4n) is 2.90. The molecule has 0 saturated carbocycles. The number of nitrogens with zero attached hydrogens (tertiary/aromatic N) is 2. The molecule has 2 rings (SSSR count). The molecule has 2 aromatic carbocycles. The van der Waals surface area contributed by atoms with Crippen molar-refractivity contribution in [1.82, 2.24) is 9.21 Å². The Bertz CT molecular complexity index is 1250. The normalized spacial score (nSPS) is 10.9. The van der Waals surface area contributed by atoms with Crippen LogP contribution in [0.3, 0.4) is 0 Å². The van der Waals surface area contributed by atoms with Gasteiger partial charge in [-0.2, -0.15) is 0 Å². The number of para-hydroxylation sites is 1. The standard InChI is InChI=1S/C21H27ClN4O4S.C2H2O4/c1-14-7-6-8-15(2)21(14)24-20(28)13-26(5)12-19(27)23-18-11-16(9-10-17(18)22)31(29,30)25(3)4;3-1(4)2(5)6/h6-11H,12-13H2,1-5H3,(H,23,27)(H,24,28);(H,3,4)(H,5,6). The summed E-state index contributed by atoms with van der Waals surface area (Å²) < 4.78 is 25.7. The van der Waals surface area contributed by atoms with E-state index in [1.807, 2.05) is 32.0 Å². The Morgan fingerprint density at radius 2 is 1.35 bits per heavy atom. The average molecular weight is 557 g/mol. The number of sulfonamides is 1. The number of hydrogen-bond acceptors (Lipinski definition) is 7. The van der Waals surface area contributed by atoms with Crippen molar-refractivity contribution in [3.63, 3.8) is 0 Å². The van der Waals surface area contributed by atoms with Crippen molar-refractivity contribution in [1.29, 1.82) is 0 Å². The second-order valence-corrected chi connectivity index (χ2v) is 10.6. The van der Waals surface area contributed by atoms with Gasteiger partial charge in [-0.1, -0.05) is 29.8 Å². The first kappa shape index (κ1) is 31.5. The van der Waals surface area contributed by atoms with Crippen LogP contribution in [0.15, 0.2) is 41.3 Å². The van der Waals surface area contributed by atoms with Crippen molar-refractivity contribution >= 4 is 56.8 Å². The maximum atomic E-state index is 12.4. The van der Waals surface area contributed by atoms with Crippen molar-refractivity contribution in [3.8, 4) is 0 Å². The van der Waals surface area contributed by atoms with Gasteiger partial charge in [0.15, 0.2) is 0 Å². The molecule has 37 heavy (non-hydrogen) atoms. The molecule has 0 aromatic heterocycles. The lowest BCUT2D eigenvalue weighted by molar-refractivity contribution is -0.159. The van der Waals surface area contributed by atoms with Crippen LogP contribution >= 0.6 is 11.6 Å². The molecule has 0 aliphatic carbocycles. The van der Waals surface area contributed by atoms with E-state index in [1.54, 1.807) is 11.9 Å². The number of carbonyl (C=O) groups is 4. The van der Waals surface area contributed by atoms with Crippen molar-refractivity contribution in [3.05, 3.63) is 52.5 Å². The SMILES string of the molecule is Cc1cccc(C)c1NC(=O)CN(C)CC(=O)Nc1cc(S(=O)(=O)N(C)C)ccc1Cl.O=C(O)C(=O)O. The Morgan fingerprint density at radius 3 is 1.81 bits per heavy atom. The Hall–Kier alpha value is -3.52. The summed E-state index contributed by atoms with van der Waals surface area (Å²) >= 11 is 6.11. The molecule has 0 spiro atoms. The van der Waals surface area contributed by atoms with E-state index in [0.717, 1.165) is 21.1 Å². The number of anilines is 2. The van der Waals surface area contributed by atoms with E-state index in [1.165, 1.54) is 32.3 Å². The highest BCUT2D eigenvalue weighted by atomic mass is 35.5. The van der Waals surface area contributed by atoms with Crippen molar-refractivity contribution in [2.24, 2.45) is 0 Å². The molecule has 0 heterocycles. The highest BCUT2D eigenvalue weighted by Gasteiger charge is 2.20. The van der Waals surface area contributed by atoms with Crippen LogP contribution in [0, 0.1) is 13.8 Å². The van der Waals surface area contributed by atoms with Crippen LogP contribution in [-0.2, 0) is 29.2 Å². The average Bonchev–Trinajstić information content (AvgIpc) is 2.77. The summed E-state index contributed by atoms with van der Waals surface area (Å²) in [4.78, 5) is 44.5. The number of amides is 2. The summed E-state index contributed by atoms with van der Waals surface area (Å²) in [5.41, 5.74) is 2.85. The third-order valence-corrected chi connectivity index (χ3v) is 6.89. The van der Waals surface area contributed by atoms with Gasteiger partial charge in [-0.05, 0) is 50.2 Å². The molecule has 0 unspecified atom stereocenters. The second kappa shape index (κ2) is 13.7. The fourth-order valence-corrected chi connectivity index (χ4v) is 3.99. The van der Waals surface area contributed by atoms with E-state index < -0.39 is 27.9 Å². The zero-order valence-corrected chi connectivity index (χ0v) is 22.5. The van der Waals surface area contributed by atoms with Gasteiger partial charge < -0.3 is 20.8 Å². The Balaban J connectivity index is 0.00000102. The molecule has 4 N–H and O–H groups in total. The number of hydrogen-bond donors (Lipinski definition) is 4. The molecule has 2 aromatic rings. The van der Waals surface area contributed by atoms with E-state index in [-0.39, 0.29) is 34.6 Å². The quantitative estimate of drug-likeness (QED) is 0.354. The lowest BCUT2D eigenvalue weighted by Gasteiger charge is -2.18. The lowest BCUT2D eigenvalue weighted by Crippen LogP contribution is -2.36. The van der Waals surface area contributed by atoms with E-state index >= 15 is 0 Å². The minimum Gasteiger partial charge on any atom is -0.473 e. The molecule has 0 fully saturated rings. The van der Waals surface area contributed by atoms with Gasteiger partial charge in [0.1, 0.15) is 0 Å². The smallest absolute Gasteiger partial charge is 0.414 e. The zero-order chi connectivity index (χ0) is 28.5. The molecule has 12 nitrogen and oxygen atoms in total. The van der Waals surface area contributed by atoms with Gasteiger partial charge in [-0.25, -0.2) is 22.3 Å². The maximum Gasteiger partial charge on any atom is 0.414 e. The number of carboxylic acids is 2. The lowest BCUT2D eigenvalue weighted by atomic mass is 10.1. The summed E-state index contributed by atoms with van der Waals surface area (Å²) in [6, 6.07) is 9.83. The monoisotopic (exact) mass is 556 g/mol. The van der Waals surface area contributed by atoms with Gasteiger partial charge in [0.05, 0.1) is 28.7 Å². The van der Waals surface area contributed by atoms with Gasteiger partial charge in [0, 0.05) is 19.8 Å². The third-order valence-electron chi connectivity index (χ3n) is 4.75. The third kappa shape index (κ3) is 9.80. The molecule has 0 bridgehead atoms. The number of carbonyl (C=O) groups excluding carboxylic acids is 2. The number of likely N-dealkylation sites (N-methyl/N-ethyl adjacent to an activating group) is 1. The minimum atomic E-state index is -3.67. The first-order valence-electron chi connectivity index (χ1n) is 10.6. The Morgan fingerprint density at radius 1 is 0.865 bits per heavy atom. The fraction of sp³-hybridized carbons (Fsp3) is 0.304. The zero-order valence-electron chi connectivity index (χ0n) is 20.9. The Labute approximate surface area is 219 Å². The molecule has 0 aliphatic rings. The first-order valence-corrected chi connectivity index (χ1v) is 12.4. The largest absolute Gasteiger partial charge is 0.473 e. The number of benzene rings is 2. The van der Waals surface area contributed by atoms with Crippen molar-refractivity contribution < 1.29 is 37.8 Å². The van der Waals surface area contributed by atoms with Crippen LogP contribution < -0.4 is 10.6 Å². The van der Waals surface area contributed by atoms with Gasteiger partial charge in [0.25, 0.3) is 0 Å². The van der Waals surface area contributed by atoms with E-state index in [9.17, 15) is 18.0 Å². The van der Waals surface area contributed by atoms with Crippen LogP contribution in [0.25, 0.3) is 0 Å². The van der Waals surface area contributed by atoms with Crippen LogP contribution in [0.1, 0.15) is 11.1 Å². The topological polar surface area (TPSA) is 173 Å². The van der Waals surface area contributed by atoms with Crippen LogP contribution in [0.2, 0.25) is 5.02 Å². The first-order chi connectivity index (χ1) is 17.1. The molecule has 0 atom stereocenters. The molecule has 202 valence electrons. The van der Waals surface area contributed by atoms with Crippen LogP contribution in [0.4, 0.5) is 11.4 Å². The predicted octanol–water partition coefficient (Wildman–Crippen LogP) is 1.87. The van der Waals surface area contributed by atoms with E-state index in [2.05, 4.69) is 10.6 Å². The number of nitrogens with one attached hydrogen (secondary N) is 2. The van der Waals surface area contributed by atoms with Gasteiger partial charge in [-0.3, -0.25) is 14.5 Å². The molecular weight excluding hydrogens is 528 g/mol. The van der Waals surface area contributed by atoms with Crippen LogP contribution in [-0.4, -0.2) is 85.8 Å². The van der Waals surface area contributed by atoms with Crippen molar-refractivity contribution in [2.45, 2.75) is 18.7 Å². The number of aryl methyl sites for hydroxylation is 2. The summed E-state index contributed by atoms with van der Waals surface area (Å²) in [5.74, 6) is -4.32. The van der Waals surface area contributed by atoms with E-state index in [0.29, 0.717) is 0 Å². The van der Waals surface area contributed by atoms with Crippen molar-refractivity contribution in [2.75, 3.05) is 44.9 Å². The van der Waals surface area contributed by atoms with Gasteiger partial charge in [0.2, 0.25) is 21.8 Å². The highest BCUT2D eigenvalue weighted by molar-refractivity contribution is 7.89. The summed E-state index contributed by atoms with van der Waals surface area (Å²) in [7, 11) is 0.804. The highest BCUT2D eigenvalue weighted by Crippen LogP contribution is 2.26. The molecule has 0 saturated heterocycles. The molecular formula is C23H29ClN4O8S. The second-order valence-electron chi connectivity index (χ2n) is 8.07. The van der Waals surface area contributed by atoms with Gasteiger partial charge >= 0.3 is 11.9 Å². The molecule has 0 radical (unpaired) electrons. The minimum absolute atomic E-state index is 0.00394. The number of rotatable bonds is 8. The van der Waals surface area contributed by atoms with Crippen LogP contribution in [0.5, 0.6) is 0 Å². The molecule has 2 amide bonds. The number of aliphatic carboxylic acids is 2. The Kier molecular flexibility index (Phi) is 11.7. The summed E-state index contributed by atoms with van der Waals surface area (Å²) in [6.45, 7) is 3.74. The van der Waals surface area contributed by atoms with Gasteiger partial charge in [-0.15, -0.1) is 0 Å². The summed E-state index contributed by atoms with van der Waals surface area (Å²) in [6.07, 6.45) is 0. The maximum absolute atomic E-state index is 12.4. The predicted molar refractivity (Wildman–Crippen MR) is 138 cm³/mol. The summed E-state index contributed by atoms with van der Waals surface area (Å²) in [5, 5.41) is 20.5.